The summed E-state index contributed by atoms with van der Waals surface area (Å²) in [5.74, 6) is -0.0965. The third-order valence-electron chi connectivity index (χ3n) is 5.09. The highest BCUT2D eigenvalue weighted by molar-refractivity contribution is 14.1. The maximum absolute atomic E-state index is 12.5. The van der Waals surface area contributed by atoms with Crippen LogP contribution >= 0.6 is 22.6 Å². The fourth-order valence-corrected chi connectivity index (χ4v) is 3.94. The molecule has 0 unspecified atom stereocenters. The van der Waals surface area contributed by atoms with Gasteiger partial charge in [-0.05, 0) is 81.4 Å². The second-order valence-electron chi connectivity index (χ2n) is 7.49. The number of ether oxygens (including phenoxy) is 2. The van der Waals surface area contributed by atoms with Crippen molar-refractivity contribution in [1.82, 2.24) is 5.43 Å². The van der Waals surface area contributed by atoms with Gasteiger partial charge in [-0.1, -0.05) is 42.5 Å². The van der Waals surface area contributed by atoms with Crippen molar-refractivity contribution in [2.24, 2.45) is 5.10 Å². The average molecular weight is 579 g/mol. The third-order valence-corrected chi connectivity index (χ3v) is 6.03. The van der Waals surface area contributed by atoms with Gasteiger partial charge < -0.3 is 14.8 Å². The van der Waals surface area contributed by atoms with E-state index >= 15 is 0 Å². The molecule has 0 aliphatic heterocycles. The van der Waals surface area contributed by atoms with Crippen molar-refractivity contribution >= 4 is 57.1 Å². The first-order valence-corrected chi connectivity index (χ1v) is 11.8. The molecule has 0 saturated heterocycles. The van der Waals surface area contributed by atoms with Crippen LogP contribution in [0.2, 0.25) is 0 Å². The summed E-state index contributed by atoms with van der Waals surface area (Å²) in [5, 5.41) is 9.32. The van der Waals surface area contributed by atoms with Crippen molar-refractivity contribution < 1.29 is 19.1 Å². The minimum absolute atomic E-state index is 0.0756. The average Bonchev–Trinajstić information content (AvgIpc) is 2.88. The molecule has 0 aromatic heterocycles. The SMILES string of the molecule is COc1cc(C=NNC(=O)CNc2ccc3ccccc3c2)ccc1OC(=O)c1ccccc1I. The molecule has 0 aliphatic carbocycles. The highest BCUT2D eigenvalue weighted by Crippen LogP contribution is 2.29. The molecule has 4 rings (SSSR count). The number of hydrogen-bond acceptors (Lipinski definition) is 6. The van der Waals surface area contributed by atoms with Crippen LogP contribution in [-0.2, 0) is 4.79 Å². The van der Waals surface area contributed by atoms with E-state index in [1.54, 1.807) is 30.3 Å². The van der Waals surface area contributed by atoms with Crippen LogP contribution in [0.15, 0.2) is 90.0 Å². The largest absolute Gasteiger partial charge is 0.493 e. The van der Waals surface area contributed by atoms with Gasteiger partial charge >= 0.3 is 5.97 Å². The zero-order valence-corrected chi connectivity index (χ0v) is 21.0. The number of fused-ring (bicyclic) bond motifs is 1. The molecule has 0 aliphatic rings. The molecule has 1 amide bonds. The zero-order valence-electron chi connectivity index (χ0n) is 18.8. The number of amides is 1. The molecule has 0 fully saturated rings. The molecule has 0 atom stereocenters. The number of rotatable bonds is 8. The molecule has 0 spiro atoms. The Morgan fingerprint density at radius 2 is 1.69 bits per heavy atom. The molecule has 0 saturated carbocycles. The number of nitrogens with zero attached hydrogens (tertiary/aromatic N) is 1. The lowest BCUT2D eigenvalue weighted by atomic mass is 10.1. The number of benzene rings is 4. The number of hydrazone groups is 1. The van der Waals surface area contributed by atoms with Gasteiger partial charge in [0.05, 0.1) is 25.4 Å². The first kappa shape index (κ1) is 24.2. The van der Waals surface area contributed by atoms with Crippen molar-refractivity contribution in [3.05, 3.63) is 99.6 Å². The second kappa shape index (κ2) is 11.5. The summed E-state index contributed by atoms with van der Waals surface area (Å²) in [6.07, 6.45) is 1.49. The Bertz CT molecular complexity index is 1400. The predicted octanol–water partition coefficient (Wildman–Crippen LogP) is 5.23. The van der Waals surface area contributed by atoms with Crippen LogP contribution in [0.1, 0.15) is 15.9 Å². The molecular formula is C27H22IN3O4. The van der Waals surface area contributed by atoms with Crippen LogP contribution in [0, 0.1) is 3.57 Å². The maximum atomic E-state index is 12.5. The summed E-state index contributed by atoms with van der Waals surface area (Å²) < 4.78 is 11.7. The number of esters is 1. The molecule has 0 bridgehead atoms. The topological polar surface area (TPSA) is 89.0 Å². The van der Waals surface area contributed by atoms with Gasteiger partial charge in [0.15, 0.2) is 11.5 Å². The second-order valence-corrected chi connectivity index (χ2v) is 8.65. The van der Waals surface area contributed by atoms with E-state index in [4.69, 9.17) is 9.47 Å². The molecule has 0 heterocycles. The Labute approximate surface area is 216 Å². The van der Waals surface area contributed by atoms with Crippen molar-refractivity contribution in [1.29, 1.82) is 0 Å². The lowest BCUT2D eigenvalue weighted by molar-refractivity contribution is -0.119. The minimum Gasteiger partial charge on any atom is -0.493 e. The van der Waals surface area contributed by atoms with Crippen molar-refractivity contribution in [2.45, 2.75) is 0 Å². The number of methoxy groups -OCH3 is 1. The quantitative estimate of drug-likeness (QED) is 0.0981. The lowest BCUT2D eigenvalue weighted by Gasteiger charge is -2.10. The van der Waals surface area contributed by atoms with Crippen molar-refractivity contribution in [3.8, 4) is 11.5 Å². The van der Waals surface area contributed by atoms with Crippen LogP contribution < -0.4 is 20.2 Å². The number of nitrogens with one attached hydrogen (secondary N) is 2. The fourth-order valence-electron chi connectivity index (χ4n) is 3.33. The van der Waals surface area contributed by atoms with E-state index in [0.717, 1.165) is 20.0 Å². The summed E-state index contributed by atoms with van der Waals surface area (Å²) in [7, 11) is 1.49. The number of halogens is 1. The highest BCUT2D eigenvalue weighted by Gasteiger charge is 2.15. The van der Waals surface area contributed by atoms with Crippen LogP contribution in [0.4, 0.5) is 5.69 Å². The monoisotopic (exact) mass is 579 g/mol. The first-order chi connectivity index (χ1) is 17.0. The molecule has 0 radical (unpaired) electrons. The van der Waals surface area contributed by atoms with Gasteiger partial charge in [-0.15, -0.1) is 0 Å². The number of carbonyl (C=O) groups excluding carboxylic acids is 2. The van der Waals surface area contributed by atoms with Gasteiger partial charge in [-0.2, -0.15) is 5.10 Å². The smallest absolute Gasteiger partial charge is 0.344 e. The Balaban J connectivity index is 1.33. The van der Waals surface area contributed by atoms with Crippen LogP contribution in [0.5, 0.6) is 11.5 Å². The Hall–Kier alpha value is -3.92. The summed E-state index contributed by atoms with van der Waals surface area (Å²) >= 11 is 2.09. The standard InChI is InChI=1S/C27H22IN3O4/c1-34-25-14-18(10-13-24(25)35-27(33)22-8-4-5-9-23(22)28)16-30-31-26(32)17-29-21-12-11-19-6-2-3-7-20(19)15-21/h2-16,29H,17H2,1H3,(H,31,32). The van der Waals surface area contributed by atoms with Gasteiger partial charge in [0.2, 0.25) is 0 Å². The maximum Gasteiger partial charge on any atom is 0.344 e. The van der Waals surface area contributed by atoms with Gasteiger partial charge in [0.1, 0.15) is 0 Å². The Morgan fingerprint density at radius 3 is 2.49 bits per heavy atom. The number of hydrogen-bond donors (Lipinski definition) is 2. The molecular weight excluding hydrogens is 557 g/mol. The third kappa shape index (κ3) is 6.36. The number of carbonyl (C=O) groups is 2. The molecule has 7 nitrogen and oxygen atoms in total. The van der Waals surface area contributed by atoms with Crippen LogP contribution in [0.3, 0.4) is 0 Å². The van der Waals surface area contributed by atoms with E-state index in [-0.39, 0.29) is 18.2 Å². The molecule has 2 N–H and O–H groups in total. The Morgan fingerprint density at radius 1 is 0.914 bits per heavy atom. The number of anilines is 1. The lowest BCUT2D eigenvalue weighted by Crippen LogP contribution is -2.25. The van der Waals surface area contributed by atoms with E-state index < -0.39 is 5.97 Å². The van der Waals surface area contributed by atoms with Gasteiger partial charge in [0, 0.05) is 9.26 Å². The van der Waals surface area contributed by atoms with Gasteiger partial charge in [-0.3, -0.25) is 4.79 Å². The van der Waals surface area contributed by atoms with Crippen LogP contribution in [0.25, 0.3) is 10.8 Å². The first-order valence-electron chi connectivity index (χ1n) is 10.7. The molecule has 8 heteroatoms. The normalized spacial score (nSPS) is 10.8. The van der Waals surface area contributed by atoms with E-state index in [1.165, 1.54) is 13.3 Å². The summed E-state index contributed by atoms with van der Waals surface area (Å²) in [6.45, 7) is 0.0756. The van der Waals surface area contributed by atoms with E-state index in [0.29, 0.717) is 16.9 Å². The zero-order chi connectivity index (χ0) is 24.6. The molecule has 176 valence electrons. The van der Waals surface area contributed by atoms with E-state index in [1.807, 2.05) is 54.6 Å². The summed E-state index contributed by atoms with van der Waals surface area (Å²) in [5.41, 5.74) is 4.48. The van der Waals surface area contributed by atoms with Gasteiger partial charge in [0.25, 0.3) is 5.91 Å². The molecule has 35 heavy (non-hydrogen) atoms. The van der Waals surface area contributed by atoms with Gasteiger partial charge in [-0.25, -0.2) is 10.2 Å². The van der Waals surface area contributed by atoms with Crippen molar-refractivity contribution in [3.63, 3.8) is 0 Å². The summed E-state index contributed by atoms with van der Waals surface area (Å²) in [4.78, 5) is 24.7. The van der Waals surface area contributed by atoms with Crippen molar-refractivity contribution in [2.75, 3.05) is 19.0 Å². The van der Waals surface area contributed by atoms with Crippen LogP contribution in [-0.4, -0.2) is 31.7 Å². The minimum atomic E-state index is -0.471. The molecule has 4 aromatic rings. The van der Waals surface area contributed by atoms with E-state index in [2.05, 4.69) is 38.4 Å². The summed E-state index contributed by atoms with van der Waals surface area (Å²) in [6, 6.07) is 26.1. The predicted molar refractivity (Wildman–Crippen MR) is 145 cm³/mol. The fraction of sp³-hybridized carbons (Fsp3) is 0.0741. The van der Waals surface area contributed by atoms with E-state index in [9.17, 15) is 9.59 Å². The molecule has 4 aromatic carbocycles. The Kier molecular flexibility index (Phi) is 7.94. The highest BCUT2D eigenvalue weighted by atomic mass is 127.